The molecule has 0 aliphatic heterocycles. The average Bonchev–Trinajstić information content (AvgIpc) is 3.16. The van der Waals surface area contributed by atoms with E-state index in [9.17, 15) is 13.6 Å². The van der Waals surface area contributed by atoms with Crippen molar-refractivity contribution >= 4 is 21.6 Å². The topological polar surface area (TPSA) is 58.2 Å². The van der Waals surface area contributed by atoms with E-state index in [0.717, 1.165) is 35.0 Å². The van der Waals surface area contributed by atoms with E-state index in [1.807, 2.05) is 11.9 Å². The van der Waals surface area contributed by atoms with Gasteiger partial charge >= 0.3 is 6.61 Å². The maximum atomic E-state index is 12.5. The van der Waals surface area contributed by atoms with Gasteiger partial charge in [0.2, 0.25) is 0 Å². The number of ether oxygens (including phenoxy) is 1. The molecule has 0 amide bonds. The minimum absolute atomic E-state index is 0.0590. The molecule has 142 valence electrons. The van der Waals surface area contributed by atoms with E-state index in [1.165, 1.54) is 22.6 Å². The molecule has 3 aromatic rings. The molecule has 5 nitrogen and oxygen atoms in total. The Bertz CT molecular complexity index is 1010. The van der Waals surface area contributed by atoms with Crippen LogP contribution in [0.4, 0.5) is 8.78 Å². The van der Waals surface area contributed by atoms with Gasteiger partial charge in [-0.05, 0) is 49.6 Å². The van der Waals surface area contributed by atoms with Crippen molar-refractivity contribution in [3.63, 3.8) is 0 Å². The van der Waals surface area contributed by atoms with Gasteiger partial charge in [-0.3, -0.25) is 9.69 Å². The molecule has 1 N–H and O–H groups in total. The summed E-state index contributed by atoms with van der Waals surface area (Å²) in [5.41, 5.74) is 2.07. The Balaban J connectivity index is 1.46. The van der Waals surface area contributed by atoms with Gasteiger partial charge in [0, 0.05) is 11.4 Å². The third kappa shape index (κ3) is 3.86. The molecule has 4 rings (SSSR count). The monoisotopic (exact) mass is 391 g/mol. The van der Waals surface area contributed by atoms with E-state index in [-0.39, 0.29) is 11.3 Å². The molecule has 0 unspecified atom stereocenters. The van der Waals surface area contributed by atoms with Crippen LogP contribution in [0.1, 0.15) is 28.2 Å². The molecule has 0 saturated carbocycles. The Kier molecular flexibility index (Phi) is 4.92. The lowest BCUT2D eigenvalue weighted by molar-refractivity contribution is -0.0498. The van der Waals surface area contributed by atoms with Gasteiger partial charge < -0.3 is 9.72 Å². The van der Waals surface area contributed by atoms with E-state index in [2.05, 4.69) is 14.7 Å². The fourth-order valence-corrected chi connectivity index (χ4v) is 4.80. The maximum Gasteiger partial charge on any atom is 0.387 e. The number of aryl methyl sites for hydroxylation is 2. The molecule has 1 aliphatic carbocycles. The van der Waals surface area contributed by atoms with Crippen molar-refractivity contribution in [2.24, 2.45) is 0 Å². The molecule has 0 atom stereocenters. The Labute approximate surface area is 158 Å². The van der Waals surface area contributed by atoms with Gasteiger partial charge in [0.1, 0.15) is 16.4 Å². The molecule has 0 spiro atoms. The summed E-state index contributed by atoms with van der Waals surface area (Å²) in [5, 5.41) is 0.758. The number of thiophene rings is 1. The first-order valence-electron chi connectivity index (χ1n) is 8.75. The molecule has 0 radical (unpaired) electrons. The molecule has 0 bridgehead atoms. The van der Waals surface area contributed by atoms with Crippen LogP contribution in [0.15, 0.2) is 29.1 Å². The number of aromatic nitrogens is 2. The zero-order chi connectivity index (χ0) is 19.0. The highest BCUT2D eigenvalue weighted by Crippen LogP contribution is 2.34. The highest BCUT2D eigenvalue weighted by atomic mass is 32.1. The van der Waals surface area contributed by atoms with Crippen molar-refractivity contribution in [3.05, 3.63) is 56.4 Å². The van der Waals surface area contributed by atoms with E-state index in [4.69, 9.17) is 0 Å². The minimum Gasteiger partial charge on any atom is -0.435 e. The van der Waals surface area contributed by atoms with Crippen LogP contribution >= 0.6 is 11.3 Å². The number of benzene rings is 1. The third-order valence-electron chi connectivity index (χ3n) is 4.64. The lowest BCUT2D eigenvalue weighted by atomic mass is 10.2. The van der Waals surface area contributed by atoms with Gasteiger partial charge in [-0.2, -0.15) is 8.78 Å². The van der Waals surface area contributed by atoms with Gasteiger partial charge in [0.15, 0.2) is 0 Å². The fourth-order valence-electron chi connectivity index (χ4n) is 3.52. The summed E-state index contributed by atoms with van der Waals surface area (Å²) in [4.78, 5) is 24.2. The van der Waals surface area contributed by atoms with Crippen LogP contribution in [0.5, 0.6) is 5.75 Å². The summed E-state index contributed by atoms with van der Waals surface area (Å²) in [5.74, 6) is 0.770. The number of aromatic amines is 1. The van der Waals surface area contributed by atoms with Crippen molar-refractivity contribution < 1.29 is 13.5 Å². The van der Waals surface area contributed by atoms with E-state index < -0.39 is 6.61 Å². The number of rotatable bonds is 6. The minimum atomic E-state index is -2.82. The Morgan fingerprint density at radius 3 is 2.78 bits per heavy atom. The molecule has 27 heavy (non-hydrogen) atoms. The van der Waals surface area contributed by atoms with Gasteiger partial charge in [-0.15, -0.1) is 11.3 Å². The third-order valence-corrected chi connectivity index (χ3v) is 5.83. The van der Waals surface area contributed by atoms with Gasteiger partial charge in [-0.1, -0.05) is 12.1 Å². The second-order valence-corrected chi connectivity index (χ2v) is 7.83. The first kappa shape index (κ1) is 18.1. The van der Waals surface area contributed by atoms with Crippen LogP contribution < -0.4 is 10.3 Å². The smallest absolute Gasteiger partial charge is 0.387 e. The number of fused-ring (bicyclic) bond motifs is 3. The Hall–Kier alpha value is -2.32. The number of alkyl halides is 2. The summed E-state index contributed by atoms with van der Waals surface area (Å²) in [6.45, 7) is -1.74. The van der Waals surface area contributed by atoms with E-state index in [1.54, 1.807) is 23.5 Å². The lowest BCUT2D eigenvalue weighted by Gasteiger charge is -2.16. The maximum absolute atomic E-state index is 12.5. The molecule has 1 aromatic carbocycles. The van der Waals surface area contributed by atoms with Crippen molar-refractivity contribution in [2.45, 2.75) is 39.0 Å². The summed E-state index contributed by atoms with van der Waals surface area (Å²) in [6, 6.07) is 6.54. The van der Waals surface area contributed by atoms with Gasteiger partial charge in [0.05, 0.1) is 11.9 Å². The Morgan fingerprint density at radius 1 is 1.26 bits per heavy atom. The molecule has 2 heterocycles. The van der Waals surface area contributed by atoms with Crippen LogP contribution in [0.3, 0.4) is 0 Å². The first-order valence-corrected chi connectivity index (χ1v) is 9.57. The zero-order valence-corrected chi connectivity index (χ0v) is 15.6. The number of nitrogens with zero attached hydrogens (tertiary/aromatic N) is 2. The predicted octanol–water partition coefficient (Wildman–Crippen LogP) is 3.71. The number of nitrogens with one attached hydrogen (secondary N) is 1. The normalized spacial score (nSPS) is 13.7. The summed E-state index contributed by atoms with van der Waals surface area (Å²) < 4.78 is 28.8. The average molecular weight is 391 g/mol. The van der Waals surface area contributed by atoms with Gasteiger partial charge in [-0.25, -0.2) is 4.98 Å². The molecular weight excluding hydrogens is 372 g/mol. The molecule has 0 fully saturated rings. The predicted molar refractivity (Wildman–Crippen MR) is 101 cm³/mol. The highest BCUT2D eigenvalue weighted by molar-refractivity contribution is 7.18. The van der Waals surface area contributed by atoms with E-state index in [0.29, 0.717) is 18.9 Å². The number of H-pyrrole nitrogens is 1. The van der Waals surface area contributed by atoms with Crippen molar-refractivity contribution in [1.82, 2.24) is 14.9 Å². The summed E-state index contributed by atoms with van der Waals surface area (Å²) in [6.07, 6.45) is 3.11. The lowest BCUT2D eigenvalue weighted by Crippen LogP contribution is -2.21. The van der Waals surface area contributed by atoms with Crippen LogP contribution in [0.25, 0.3) is 10.2 Å². The van der Waals surface area contributed by atoms with Crippen molar-refractivity contribution in [2.75, 3.05) is 7.05 Å². The van der Waals surface area contributed by atoms with Crippen LogP contribution in [-0.2, 0) is 25.9 Å². The molecular formula is C19H19F2N3O2S. The summed E-state index contributed by atoms with van der Waals surface area (Å²) in [7, 11) is 1.92. The molecule has 2 aromatic heterocycles. The molecule has 1 aliphatic rings. The summed E-state index contributed by atoms with van der Waals surface area (Å²) >= 11 is 1.63. The highest BCUT2D eigenvalue weighted by Gasteiger charge is 2.21. The second kappa shape index (κ2) is 7.36. The van der Waals surface area contributed by atoms with Crippen molar-refractivity contribution in [1.29, 1.82) is 0 Å². The quantitative estimate of drug-likeness (QED) is 0.696. The number of hydrogen-bond donors (Lipinski definition) is 1. The fraction of sp³-hybridized carbons (Fsp3) is 0.368. The van der Waals surface area contributed by atoms with Crippen molar-refractivity contribution in [3.8, 4) is 5.75 Å². The van der Waals surface area contributed by atoms with Crippen LogP contribution in [0, 0.1) is 0 Å². The number of hydrogen-bond acceptors (Lipinski definition) is 5. The SMILES string of the molecule is CN(Cc1ccc(OC(F)F)cc1)Cc1nc2sc3c(c2c(=O)[nH]1)CCC3. The van der Waals surface area contributed by atoms with Gasteiger partial charge in [0.25, 0.3) is 5.56 Å². The molecule has 8 heteroatoms. The standard InChI is InChI=1S/C19H19F2N3O2S/c1-24(9-11-5-7-12(8-6-11)26-19(20)21)10-15-22-17(25)16-13-3-2-4-14(13)27-18(16)23-15/h5-8,19H,2-4,9-10H2,1H3,(H,22,23,25). The zero-order valence-electron chi connectivity index (χ0n) is 14.8. The molecule has 0 saturated heterocycles. The largest absolute Gasteiger partial charge is 0.435 e. The second-order valence-electron chi connectivity index (χ2n) is 6.74. The van der Waals surface area contributed by atoms with Crippen LogP contribution in [-0.4, -0.2) is 28.5 Å². The number of halogens is 2. The first-order chi connectivity index (χ1) is 13.0. The van der Waals surface area contributed by atoms with E-state index >= 15 is 0 Å². The van der Waals surface area contributed by atoms with Crippen LogP contribution in [0.2, 0.25) is 0 Å². The Morgan fingerprint density at radius 2 is 2.04 bits per heavy atom.